The van der Waals surface area contributed by atoms with Crippen molar-refractivity contribution in [1.82, 2.24) is 24.7 Å². The first-order chi connectivity index (χ1) is 12.6. The topological polar surface area (TPSA) is 96.2 Å². The molecule has 0 saturated carbocycles. The first-order valence-electron chi connectivity index (χ1n) is 8.63. The molecule has 3 N–H and O–H groups in total. The van der Waals surface area contributed by atoms with Crippen molar-refractivity contribution in [3.8, 4) is 0 Å². The van der Waals surface area contributed by atoms with Crippen LogP contribution in [0.15, 0.2) is 30.5 Å². The van der Waals surface area contributed by atoms with E-state index in [0.29, 0.717) is 30.4 Å². The van der Waals surface area contributed by atoms with Crippen LogP contribution in [0, 0.1) is 13.8 Å². The van der Waals surface area contributed by atoms with Gasteiger partial charge in [-0.15, -0.1) is 0 Å². The lowest BCUT2D eigenvalue weighted by Gasteiger charge is -2.10. The number of nitrogens with one attached hydrogen (secondary N) is 3. The van der Waals surface area contributed by atoms with Gasteiger partial charge in [0.25, 0.3) is 5.91 Å². The van der Waals surface area contributed by atoms with Gasteiger partial charge in [0, 0.05) is 37.6 Å². The number of fused-ring (bicyclic) bond motifs is 1. The average molecular weight is 353 g/mol. The fourth-order valence-corrected chi connectivity index (χ4v) is 2.73. The first-order valence-corrected chi connectivity index (χ1v) is 8.63. The highest BCUT2D eigenvalue weighted by molar-refractivity contribution is 5.94. The molecule has 1 amide bonds. The van der Waals surface area contributed by atoms with E-state index >= 15 is 0 Å². The summed E-state index contributed by atoms with van der Waals surface area (Å²) in [5.41, 5.74) is 2.92. The van der Waals surface area contributed by atoms with E-state index in [2.05, 4.69) is 30.9 Å². The molecular weight excluding hydrogens is 330 g/mol. The number of aromatic nitrogens is 4. The standard InChI is InChI=1S/C18H23N7O/c1-4-19-18-22-12(2)11-14(24-18)20-8-9-21-17(26)16-13(3)23-15-7-5-6-10-25(15)16/h5-7,10-11H,4,8-9H2,1-3H3,(H,21,26)(H2,19,20,22,24). The average Bonchev–Trinajstić information content (AvgIpc) is 2.94. The van der Waals surface area contributed by atoms with Gasteiger partial charge < -0.3 is 16.0 Å². The Kier molecular flexibility index (Phi) is 5.31. The molecule has 3 rings (SSSR count). The molecule has 3 heterocycles. The van der Waals surface area contributed by atoms with Crippen molar-refractivity contribution in [2.75, 3.05) is 30.3 Å². The Bertz CT molecular complexity index is 919. The van der Waals surface area contributed by atoms with Crippen molar-refractivity contribution in [3.05, 3.63) is 47.5 Å². The minimum atomic E-state index is -0.143. The van der Waals surface area contributed by atoms with Crippen LogP contribution in [0.4, 0.5) is 11.8 Å². The van der Waals surface area contributed by atoms with Crippen molar-refractivity contribution < 1.29 is 4.79 Å². The lowest BCUT2D eigenvalue weighted by molar-refractivity contribution is 0.0948. The minimum Gasteiger partial charge on any atom is -0.368 e. The zero-order chi connectivity index (χ0) is 18.5. The van der Waals surface area contributed by atoms with Crippen LogP contribution in [0.2, 0.25) is 0 Å². The monoisotopic (exact) mass is 353 g/mol. The molecule has 26 heavy (non-hydrogen) atoms. The van der Waals surface area contributed by atoms with Crippen molar-refractivity contribution in [2.45, 2.75) is 20.8 Å². The number of hydrogen-bond donors (Lipinski definition) is 3. The number of pyridine rings is 1. The molecule has 0 aliphatic rings. The normalized spacial score (nSPS) is 10.7. The fraction of sp³-hybridized carbons (Fsp3) is 0.333. The third-order valence-corrected chi connectivity index (χ3v) is 3.83. The largest absolute Gasteiger partial charge is 0.368 e. The van der Waals surface area contributed by atoms with Gasteiger partial charge in [0.1, 0.15) is 17.2 Å². The second kappa shape index (κ2) is 7.81. The van der Waals surface area contributed by atoms with Crippen LogP contribution < -0.4 is 16.0 Å². The van der Waals surface area contributed by atoms with Crippen molar-refractivity contribution in [1.29, 1.82) is 0 Å². The molecule has 0 spiro atoms. The second-order valence-corrected chi connectivity index (χ2v) is 5.91. The Morgan fingerprint density at radius 1 is 1.12 bits per heavy atom. The molecule has 0 aliphatic carbocycles. The number of nitrogens with zero attached hydrogens (tertiary/aromatic N) is 4. The van der Waals surface area contributed by atoms with Crippen LogP contribution in [0.25, 0.3) is 5.65 Å². The number of carbonyl (C=O) groups is 1. The summed E-state index contributed by atoms with van der Waals surface area (Å²) in [6, 6.07) is 7.53. The maximum Gasteiger partial charge on any atom is 0.270 e. The highest BCUT2D eigenvalue weighted by atomic mass is 16.1. The minimum absolute atomic E-state index is 0.143. The summed E-state index contributed by atoms with van der Waals surface area (Å²) in [6.45, 7) is 7.55. The number of carbonyl (C=O) groups excluding carboxylic acids is 1. The van der Waals surface area contributed by atoms with E-state index in [4.69, 9.17) is 0 Å². The summed E-state index contributed by atoms with van der Waals surface area (Å²) in [5, 5.41) is 9.23. The Balaban J connectivity index is 1.58. The lowest BCUT2D eigenvalue weighted by Crippen LogP contribution is -2.30. The van der Waals surface area contributed by atoms with E-state index in [-0.39, 0.29) is 5.91 Å². The smallest absolute Gasteiger partial charge is 0.270 e. The maximum atomic E-state index is 12.5. The van der Waals surface area contributed by atoms with E-state index in [1.165, 1.54) is 0 Å². The van der Waals surface area contributed by atoms with Gasteiger partial charge in [-0.25, -0.2) is 9.97 Å². The summed E-state index contributed by atoms with van der Waals surface area (Å²) >= 11 is 0. The van der Waals surface area contributed by atoms with Gasteiger partial charge in [-0.1, -0.05) is 6.07 Å². The van der Waals surface area contributed by atoms with Gasteiger partial charge in [-0.3, -0.25) is 9.20 Å². The van der Waals surface area contributed by atoms with E-state index in [1.807, 2.05) is 51.2 Å². The number of imidazole rings is 1. The Labute approximate surface area is 152 Å². The van der Waals surface area contributed by atoms with Gasteiger partial charge >= 0.3 is 0 Å². The van der Waals surface area contributed by atoms with Gasteiger partial charge in [0.15, 0.2) is 0 Å². The molecule has 8 nitrogen and oxygen atoms in total. The number of aryl methyl sites for hydroxylation is 2. The Morgan fingerprint density at radius 3 is 2.77 bits per heavy atom. The number of amides is 1. The fourth-order valence-electron chi connectivity index (χ4n) is 2.73. The molecule has 0 unspecified atom stereocenters. The third kappa shape index (κ3) is 3.90. The number of hydrogen-bond acceptors (Lipinski definition) is 6. The number of rotatable bonds is 7. The molecule has 0 bridgehead atoms. The molecule has 3 aromatic rings. The van der Waals surface area contributed by atoms with Crippen LogP contribution in [0.3, 0.4) is 0 Å². The lowest BCUT2D eigenvalue weighted by atomic mass is 10.3. The SMILES string of the molecule is CCNc1nc(C)cc(NCCNC(=O)c2c(C)nc3ccccn23)n1. The van der Waals surface area contributed by atoms with Crippen molar-refractivity contribution in [2.24, 2.45) is 0 Å². The summed E-state index contributed by atoms with van der Waals surface area (Å²) in [6.07, 6.45) is 1.84. The van der Waals surface area contributed by atoms with E-state index in [0.717, 1.165) is 23.7 Å². The van der Waals surface area contributed by atoms with Gasteiger partial charge in [0.2, 0.25) is 5.95 Å². The molecule has 0 fully saturated rings. The molecule has 8 heteroatoms. The molecule has 0 aliphatic heterocycles. The molecule has 136 valence electrons. The van der Waals surface area contributed by atoms with Crippen molar-refractivity contribution in [3.63, 3.8) is 0 Å². The van der Waals surface area contributed by atoms with Gasteiger partial charge in [-0.2, -0.15) is 4.98 Å². The predicted molar refractivity (Wildman–Crippen MR) is 102 cm³/mol. The van der Waals surface area contributed by atoms with E-state index < -0.39 is 0 Å². The quantitative estimate of drug-likeness (QED) is 0.562. The summed E-state index contributed by atoms with van der Waals surface area (Å²) in [5.74, 6) is 1.18. The third-order valence-electron chi connectivity index (χ3n) is 3.83. The molecule has 3 aromatic heterocycles. The Morgan fingerprint density at radius 2 is 1.96 bits per heavy atom. The molecule has 0 radical (unpaired) electrons. The molecule has 0 atom stereocenters. The zero-order valence-electron chi connectivity index (χ0n) is 15.2. The van der Waals surface area contributed by atoms with E-state index in [1.54, 1.807) is 4.40 Å². The van der Waals surface area contributed by atoms with Crippen LogP contribution in [-0.2, 0) is 0 Å². The summed E-state index contributed by atoms with van der Waals surface area (Å²) < 4.78 is 1.80. The van der Waals surface area contributed by atoms with Crippen LogP contribution >= 0.6 is 0 Å². The highest BCUT2D eigenvalue weighted by Crippen LogP contribution is 2.11. The van der Waals surface area contributed by atoms with Crippen LogP contribution in [-0.4, -0.2) is 44.9 Å². The Hall–Kier alpha value is -3.16. The van der Waals surface area contributed by atoms with Crippen molar-refractivity contribution >= 4 is 23.3 Å². The highest BCUT2D eigenvalue weighted by Gasteiger charge is 2.15. The van der Waals surface area contributed by atoms with Crippen LogP contribution in [0.5, 0.6) is 0 Å². The molecular formula is C18H23N7O. The maximum absolute atomic E-state index is 12.5. The van der Waals surface area contributed by atoms with Gasteiger partial charge in [-0.05, 0) is 32.9 Å². The van der Waals surface area contributed by atoms with E-state index in [9.17, 15) is 4.79 Å². The number of anilines is 2. The summed E-state index contributed by atoms with van der Waals surface area (Å²) in [7, 11) is 0. The van der Waals surface area contributed by atoms with Gasteiger partial charge in [0.05, 0.1) is 5.69 Å². The zero-order valence-corrected chi connectivity index (χ0v) is 15.2. The van der Waals surface area contributed by atoms with Crippen LogP contribution in [0.1, 0.15) is 28.8 Å². The first kappa shape index (κ1) is 17.7. The summed E-state index contributed by atoms with van der Waals surface area (Å²) in [4.78, 5) is 25.6. The second-order valence-electron chi connectivity index (χ2n) is 5.91. The molecule has 0 aromatic carbocycles. The molecule has 0 saturated heterocycles. The predicted octanol–water partition coefficient (Wildman–Crippen LogP) is 2.01.